The molecule has 0 spiro atoms. The Morgan fingerprint density at radius 2 is 2.19 bits per heavy atom. The molecule has 2 aromatic rings. The molecule has 0 radical (unpaired) electrons. The number of rotatable bonds is 7. The van der Waals surface area contributed by atoms with Crippen molar-refractivity contribution >= 4 is 17.4 Å². The number of benzene rings is 1. The Bertz CT molecular complexity index is 760. The second-order valence-electron chi connectivity index (χ2n) is 6.08. The number of ether oxygens (including phenoxy) is 2. The van der Waals surface area contributed by atoms with Gasteiger partial charge in [-0.25, -0.2) is 9.97 Å². The quantitative estimate of drug-likeness (QED) is 0.793. The van der Waals surface area contributed by atoms with Gasteiger partial charge >= 0.3 is 0 Å². The summed E-state index contributed by atoms with van der Waals surface area (Å²) in [5.41, 5.74) is 0.920. The fraction of sp³-hybridized carbons (Fsp3) is 0.421. The van der Waals surface area contributed by atoms with Gasteiger partial charge in [-0.15, -0.1) is 0 Å². The van der Waals surface area contributed by atoms with Crippen molar-refractivity contribution in [2.45, 2.75) is 32.8 Å². The fourth-order valence-corrected chi connectivity index (χ4v) is 2.84. The third-order valence-electron chi connectivity index (χ3n) is 4.04. The van der Waals surface area contributed by atoms with Crippen LogP contribution in [0.5, 0.6) is 5.75 Å². The lowest BCUT2D eigenvalue weighted by molar-refractivity contribution is 0.102. The van der Waals surface area contributed by atoms with Crippen LogP contribution in [-0.2, 0) is 4.74 Å². The predicted molar refractivity (Wildman–Crippen MR) is 99.8 cm³/mol. The Morgan fingerprint density at radius 1 is 1.35 bits per heavy atom. The van der Waals surface area contributed by atoms with Gasteiger partial charge in [-0.3, -0.25) is 4.79 Å². The Balaban J connectivity index is 1.70. The van der Waals surface area contributed by atoms with E-state index in [9.17, 15) is 4.79 Å². The molecule has 1 saturated heterocycles. The van der Waals surface area contributed by atoms with Crippen molar-refractivity contribution in [2.24, 2.45) is 0 Å². The number of aromatic nitrogens is 2. The summed E-state index contributed by atoms with van der Waals surface area (Å²) in [6, 6.07) is 8.98. The zero-order valence-electron chi connectivity index (χ0n) is 15.1. The number of amides is 1. The SMILES string of the molecule is CCOc1ccccc1NC(=O)c1cc(NCC2CCCO2)nc(C)n1. The van der Waals surface area contributed by atoms with E-state index in [0.717, 1.165) is 19.4 Å². The maximum atomic E-state index is 12.6. The van der Waals surface area contributed by atoms with E-state index in [1.807, 2.05) is 25.1 Å². The molecule has 0 bridgehead atoms. The number of carbonyl (C=O) groups is 1. The van der Waals surface area contributed by atoms with E-state index in [1.54, 1.807) is 19.1 Å². The van der Waals surface area contributed by atoms with Crippen LogP contribution in [0.4, 0.5) is 11.5 Å². The molecule has 2 heterocycles. The van der Waals surface area contributed by atoms with Crippen LogP contribution in [0.15, 0.2) is 30.3 Å². The smallest absolute Gasteiger partial charge is 0.274 e. The minimum absolute atomic E-state index is 0.195. The second-order valence-corrected chi connectivity index (χ2v) is 6.08. The maximum Gasteiger partial charge on any atom is 0.274 e. The van der Waals surface area contributed by atoms with Crippen molar-refractivity contribution in [2.75, 3.05) is 30.4 Å². The van der Waals surface area contributed by atoms with Gasteiger partial charge in [-0.05, 0) is 38.8 Å². The summed E-state index contributed by atoms with van der Waals surface area (Å²) in [7, 11) is 0. The standard InChI is InChI=1S/C19H24N4O3/c1-3-25-17-9-5-4-8-15(17)23-19(24)16-11-18(22-13(2)21-16)20-12-14-7-6-10-26-14/h4-5,8-9,11,14H,3,6-7,10,12H2,1-2H3,(H,23,24)(H,20,21,22). The molecule has 1 aliphatic rings. The van der Waals surface area contributed by atoms with Crippen molar-refractivity contribution in [1.29, 1.82) is 0 Å². The first-order valence-electron chi connectivity index (χ1n) is 8.90. The lowest BCUT2D eigenvalue weighted by atomic mass is 10.2. The molecule has 7 heteroatoms. The van der Waals surface area contributed by atoms with E-state index in [2.05, 4.69) is 20.6 Å². The fourth-order valence-electron chi connectivity index (χ4n) is 2.84. The van der Waals surface area contributed by atoms with Gasteiger partial charge in [-0.1, -0.05) is 12.1 Å². The lowest BCUT2D eigenvalue weighted by Gasteiger charge is -2.13. The first-order chi connectivity index (χ1) is 12.7. The van der Waals surface area contributed by atoms with Gasteiger partial charge < -0.3 is 20.1 Å². The highest BCUT2D eigenvalue weighted by molar-refractivity contribution is 6.04. The van der Waals surface area contributed by atoms with Gasteiger partial charge in [0.2, 0.25) is 0 Å². The summed E-state index contributed by atoms with van der Waals surface area (Å²) in [4.78, 5) is 21.2. The van der Waals surface area contributed by atoms with Crippen molar-refractivity contribution in [3.8, 4) is 5.75 Å². The molecule has 138 valence electrons. The average molecular weight is 356 g/mol. The van der Waals surface area contributed by atoms with Crippen LogP contribution >= 0.6 is 0 Å². The van der Waals surface area contributed by atoms with E-state index in [0.29, 0.717) is 41.9 Å². The van der Waals surface area contributed by atoms with E-state index < -0.39 is 0 Å². The largest absolute Gasteiger partial charge is 0.492 e. The molecule has 1 fully saturated rings. The number of anilines is 2. The molecular formula is C19H24N4O3. The topological polar surface area (TPSA) is 85.4 Å². The number of carbonyl (C=O) groups excluding carboxylic acids is 1. The van der Waals surface area contributed by atoms with Gasteiger partial charge in [0.1, 0.15) is 23.1 Å². The number of para-hydroxylation sites is 2. The molecule has 26 heavy (non-hydrogen) atoms. The number of aryl methyl sites for hydroxylation is 1. The molecule has 0 saturated carbocycles. The highest BCUT2D eigenvalue weighted by atomic mass is 16.5. The Hall–Kier alpha value is -2.67. The molecule has 1 aromatic heterocycles. The maximum absolute atomic E-state index is 12.6. The summed E-state index contributed by atoms with van der Waals surface area (Å²) < 4.78 is 11.1. The molecule has 1 aromatic carbocycles. The number of hydrogen-bond donors (Lipinski definition) is 2. The lowest BCUT2D eigenvalue weighted by Crippen LogP contribution is -2.20. The normalized spacial score (nSPS) is 16.3. The van der Waals surface area contributed by atoms with E-state index >= 15 is 0 Å². The molecule has 1 unspecified atom stereocenters. The Labute approximate surface area is 153 Å². The molecule has 1 atom stereocenters. The third kappa shape index (κ3) is 4.70. The summed E-state index contributed by atoms with van der Waals surface area (Å²) in [5, 5.41) is 6.09. The summed E-state index contributed by atoms with van der Waals surface area (Å²) >= 11 is 0. The van der Waals surface area contributed by atoms with Crippen molar-refractivity contribution in [3.63, 3.8) is 0 Å². The van der Waals surface area contributed by atoms with E-state index in [4.69, 9.17) is 9.47 Å². The van der Waals surface area contributed by atoms with Gasteiger partial charge in [-0.2, -0.15) is 0 Å². The second kappa shape index (κ2) is 8.62. The molecule has 1 aliphatic heterocycles. The van der Waals surface area contributed by atoms with Gasteiger partial charge in [0.05, 0.1) is 18.4 Å². The first-order valence-corrected chi connectivity index (χ1v) is 8.90. The third-order valence-corrected chi connectivity index (χ3v) is 4.04. The predicted octanol–water partition coefficient (Wildman–Crippen LogP) is 3.03. The van der Waals surface area contributed by atoms with Crippen LogP contribution in [0.1, 0.15) is 36.1 Å². The zero-order valence-corrected chi connectivity index (χ0v) is 15.1. The summed E-state index contributed by atoms with van der Waals surface area (Å²) in [5.74, 6) is 1.48. The van der Waals surface area contributed by atoms with Crippen LogP contribution < -0.4 is 15.4 Å². The Kier molecular flexibility index (Phi) is 6.01. The number of nitrogens with one attached hydrogen (secondary N) is 2. The van der Waals surface area contributed by atoms with Crippen LogP contribution in [0.25, 0.3) is 0 Å². The first kappa shape index (κ1) is 18.1. The van der Waals surface area contributed by atoms with Crippen LogP contribution in [-0.4, -0.2) is 41.7 Å². The summed E-state index contributed by atoms with van der Waals surface area (Å²) in [6.45, 7) is 5.67. The molecular weight excluding hydrogens is 332 g/mol. The molecule has 2 N–H and O–H groups in total. The van der Waals surface area contributed by atoms with Crippen molar-refractivity contribution < 1.29 is 14.3 Å². The van der Waals surface area contributed by atoms with Gasteiger partial charge in [0.15, 0.2) is 0 Å². The monoisotopic (exact) mass is 356 g/mol. The number of nitrogens with zero attached hydrogens (tertiary/aromatic N) is 2. The highest BCUT2D eigenvalue weighted by Crippen LogP contribution is 2.24. The minimum Gasteiger partial charge on any atom is -0.492 e. The highest BCUT2D eigenvalue weighted by Gasteiger charge is 2.17. The van der Waals surface area contributed by atoms with Crippen molar-refractivity contribution in [3.05, 3.63) is 41.9 Å². The van der Waals surface area contributed by atoms with Crippen LogP contribution in [0.2, 0.25) is 0 Å². The number of hydrogen-bond acceptors (Lipinski definition) is 6. The summed E-state index contributed by atoms with van der Waals surface area (Å²) in [6.07, 6.45) is 2.32. The molecule has 7 nitrogen and oxygen atoms in total. The van der Waals surface area contributed by atoms with E-state index in [-0.39, 0.29) is 12.0 Å². The van der Waals surface area contributed by atoms with Gasteiger partial charge in [0.25, 0.3) is 5.91 Å². The van der Waals surface area contributed by atoms with Crippen LogP contribution in [0.3, 0.4) is 0 Å². The van der Waals surface area contributed by atoms with Gasteiger partial charge in [0, 0.05) is 19.2 Å². The van der Waals surface area contributed by atoms with Crippen LogP contribution in [0, 0.1) is 6.92 Å². The minimum atomic E-state index is -0.303. The molecule has 0 aliphatic carbocycles. The zero-order chi connectivity index (χ0) is 18.4. The molecule has 1 amide bonds. The Morgan fingerprint density at radius 3 is 2.96 bits per heavy atom. The van der Waals surface area contributed by atoms with Crippen molar-refractivity contribution in [1.82, 2.24) is 9.97 Å². The van der Waals surface area contributed by atoms with E-state index in [1.165, 1.54) is 0 Å². The average Bonchev–Trinajstić information content (AvgIpc) is 3.15. The molecule has 3 rings (SSSR count).